The van der Waals surface area contributed by atoms with Gasteiger partial charge >= 0.3 is 6.01 Å². The van der Waals surface area contributed by atoms with Crippen LogP contribution in [0.1, 0.15) is 42.4 Å². The fraction of sp³-hybridized carbons (Fsp3) is 0.297. The smallest absolute Gasteiger partial charge is 0.320 e. The molecule has 7 N–H and O–H groups in total. The molecule has 8 rings (SSSR count). The van der Waals surface area contributed by atoms with Crippen molar-refractivity contribution in [3.05, 3.63) is 83.5 Å². The number of nitrogen functional groups attached to an aromatic ring is 1. The number of imidazole rings is 2. The number of hydrogen-bond donors (Lipinski definition) is 6. The molecule has 16 nitrogen and oxygen atoms in total. The van der Waals surface area contributed by atoms with Crippen molar-refractivity contribution in [1.82, 2.24) is 39.0 Å². The molecule has 4 aromatic heterocycles. The number of aromatic hydroxyl groups is 2. The maximum atomic E-state index is 11.2. The van der Waals surface area contributed by atoms with Crippen LogP contribution >= 0.6 is 0 Å². The summed E-state index contributed by atoms with van der Waals surface area (Å²) in [4.78, 5) is 27.1. The number of aromatic nitrogens is 8. The number of nitrogens with one attached hydrogen (secondary N) is 2. The van der Waals surface area contributed by atoms with Crippen LogP contribution in [-0.4, -0.2) is 80.2 Å². The van der Waals surface area contributed by atoms with E-state index >= 15 is 0 Å². The van der Waals surface area contributed by atoms with Crippen molar-refractivity contribution in [2.75, 3.05) is 36.2 Å². The summed E-state index contributed by atoms with van der Waals surface area (Å²) in [6.45, 7) is 1.16. The highest BCUT2D eigenvalue weighted by molar-refractivity contribution is 5.88. The topological polar surface area (TPSA) is 216 Å². The van der Waals surface area contributed by atoms with Gasteiger partial charge in [-0.1, -0.05) is 42.5 Å². The van der Waals surface area contributed by atoms with Crippen molar-refractivity contribution in [2.24, 2.45) is 0 Å². The van der Waals surface area contributed by atoms with Crippen molar-refractivity contribution in [3.8, 4) is 23.8 Å². The first-order valence-electron chi connectivity index (χ1n) is 17.5. The Morgan fingerprint density at radius 1 is 0.811 bits per heavy atom. The van der Waals surface area contributed by atoms with Crippen LogP contribution in [0.25, 0.3) is 22.3 Å². The van der Waals surface area contributed by atoms with Crippen molar-refractivity contribution >= 4 is 45.6 Å². The molecule has 2 aliphatic rings. The minimum Gasteiger partial charge on any atom is -0.490 e. The number of rotatable bonds is 3. The first kappa shape index (κ1) is 33.7. The largest absolute Gasteiger partial charge is 0.490 e. The Balaban J connectivity index is 1.22. The molecule has 0 aliphatic carbocycles. The summed E-state index contributed by atoms with van der Waals surface area (Å²) in [5.41, 5.74) is 11.0. The molecule has 0 spiro atoms. The van der Waals surface area contributed by atoms with E-state index in [-0.39, 0.29) is 61.1 Å². The molecule has 0 fully saturated rings. The molecule has 8 bridgehead atoms. The maximum absolute atomic E-state index is 11.2. The summed E-state index contributed by atoms with van der Waals surface area (Å²) < 4.78 is 14.9. The number of aliphatic hydroxyl groups excluding tert-OH is 1. The second kappa shape index (κ2) is 14.7. The van der Waals surface area contributed by atoms with Crippen molar-refractivity contribution < 1.29 is 24.8 Å². The highest BCUT2D eigenvalue weighted by Crippen LogP contribution is 2.32. The first-order valence-corrected chi connectivity index (χ1v) is 17.5. The lowest BCUT2D eigenvalue weighted by Gasteiger charge is -2.17. The van der Waals surface area contributed by atoms with E-state index < -0.39 is 0 Å². The Labute approximate surface area is 303 Å². The molecule has 2 aliphatic heterocycles. The molecule has 1 atom stereocenters. The third-order valence-corrected chi connectivity index (χ3v) is 9.07. The van der Waals surface area contributed by atoms with Crippen LogP contribution in [0.15, 0.2) is 66.8 Å². The predicted molar refractivity (Wildman–Crippen MR) is 199 cm³/mol. The Hall–Kier alpha value is -6.42. The zero-order valence-corrected chi connectivity index (χ0v) is 28.8. The van der Waals surface area contributed by atoms with E-state index in [9.17, 15) is 15.3 Å². The zero-order valence-electron chi connectivity index (χ0n) is 28.8. The van der Waals surface area contributed by atoms with Crippen molar-refractivity contribution in [1.29, 1.82) is 0 Å². The van der Waals surface area contributed by atoms with E-state index in [1.54, 1.807) is 9.13 Å². The molecule has 1 unspecified atom stereocenters. The molecular formula is C37H39N11O5. The minimum atomic E-state index is -0.337. The van der Waals surface area contributed by atoms with Gasteiger partial charge in [0, 0.05) is 5.69 Å². The van der Waals surface area contributed by atoms with Crippen LogP contribution < -0.4 is 25.8 Å². The molecule has 272 valence electrons. The number of nitrogens with zero attached hydrogens (tertiary/aromatic N) is 8. The van der Waals surface area contributed by atoms with E-state index in [0.717, 1.165) is 29.5 Å². The molecule has 16 heteroatoms. The van der Waals surface area contributed by atoms with Gasteiger partial charge in [0.2, 0.25) is 5.95 Å². The Morgan fingerprint density at radius 3 is 2.47 bits per heavy atom. The molecule has 0 saturated carbocycles. The maximum Gasteiger partial charge on any atom is 0.320 e. The van der Waals surface area contributed by atoms with Gasteiger partial charge < -0.3 is 41.2 Å². The molecular weight excluding hydrogens is 678 g/mol. The van der Waals surface area contributed by atoms with Gasteiger partial charge in [-0.15, -0.1) is 0 Å². The highest BCUT2D eigenvalue weighted by Gasteiger charge is 2.22. The number of ether oxygens (including phenoxy) is 2. The van der Waals surface area contributed by atoms with E-state index in [1.165, 1.54) is 0 Å². The second-order valence-corrected chi connectivity index (χ2v) is 13.0. The number of nitrogens with two attached hydrogens (primary N) is 1. The normalized spacial score (nSPS) is 17.7. The average molecular weight is 718 g/mol. The lowest BCUT2D eigenvalue weighted by atomic mass is 10.1. The van der Waals surface area contributed by atoms with Gasteiger partial charge in [0.25, 0.3) is 12.0 Å². The van der Waals surface area contributed by atoms with Gasteiger partial charge in [-0.3, -0.25) is 9.13 Å². The third-order valence-electron chi connectivity index (χ3n) is 9.07. The summed E-state index contributed by atoms with van der Waals surface area (Å²) in [5, 5.41) is 39.1. The summed E-state index contributed by atoms with van der Waals surface area (Å²) in [6.07, 6.45) is 11.7. The highest BCUT2D eigenvalue weighted by atomic mass is 16.5. The van der Waals surface area contributed by atoms with E-state index in [2.05, 4.69) is 48.8 Å². The lowest BCUT2D eigenvalue weighted by molar-refractivity contribution is 0.269. The van der Waals surface area contributed by atoms with Crippen molar-refractivity contribution in [3.63, 3.8) is 0 Å². The fourth-order valence-electron chi connectivity index (χ4n) is 6.49. The van der Waals surface area contributed by atoms with Gasteiger partial charge in [-0.2, -0.15) is 29.9 Å². The molecule has 0 saturated heterocycles. The average Bonchev–Trinajstić information content (AvgIpc) is 3.63. The van der Waals surface area contributed by atoms with Gasteiger partial charge in [0.1, 0.15) is 12.4 Å². The van der Waals surface area contributed by atoms with Gasteiger partial charge in [-0.25, -0.2) is 0 Å². The fourth-order valence-corrected chi connectivity index (χ4v) is 6.49. The van der Waals surface area contributed by atoms with E-state index in [1.807, 2.05) is 48.6 Å². The summed E-state index contributed by atoms with van der Waals surface area (Å²) in [5.74, 6) is 1.44. The lowest BCUT2D eigenvalue weighted by Crippen LogP contribution is -2.25. The molecule has 0 radical (unpaired) electrons. The van der Waals surface area contributed by atoms with E-state index in [4.69, 9.17) is 25.2 Å². The number of allylic oxidation sites excluding steroid dienone is 3. The van der Waals surface area contributed by atoms with Gasteiger partial charge in [0.15, 0.2) is 34.0 Å². The molecule has 6 heterocycles. The van der Waals surface area contributed by atoms with E-state index in [0.29, 0.717) is 66.5 Å². The van der Waals surface area contributed by atoms with Crippen LogP contribution in [-0.2, 0) is 19.5 Å². The monoisotopic (exact) mass is 717 g/mol. The number of fused-ring (bicyclic) bond motifs is 6. The van der Waals surface area contributed by atoms with Crippen molar-refractivity contribution in [2.45, 2.75) is 51.2 Å². The minimum absolute atomic E-state index is 0.114. The standard InChI is InChI=1S/C37H39N11O5/c38-30-28-32-46-35(43-30)53-14-6-2-1-4-9-22-15-24(20-48(32)36(50)41-28)17-26(16-22)39-31-29-33-45-34(44-31)40-25(21-49)11-5-3-7-13-52-27-12-8-10-23(18-27)19-47(33)37(51)42-29/h1,3-4,7-8,10,12,15-18,25,49H,2,5-6,9,11,13-14,19-21H2,(H,41,50)(H,42,51)(H2,38,43,46)(H2,39,40,44,45)/b4-1+,7-3+. The van der Waals surface area contributed by atoms with Crippen LogP contribution in [0.2, 0.25) is 0 Å². The number of hydrogen-bond acceptors (Lipinski definition) is 14. The number of benzene rings is 2. The Bertz CT molecular complexity index is 2350. The third kappa shape index (κ3) is 7.34. The molecule has 2 aromatic carbocycles. The van der Waals surface area contributed by atoms with Gasteiger partial charge in [-0.05, 0) is 73.1 Å². The molecule has 6 aromatic rings. The zero-order chi connectivity index (χ0) is 36.3. The summed E-state index contributed by atoms with van der Waals surface area (Å²) in [7, 11) is 0. The summed E-state index contributed by atoms with van der Waals surface area (Å²) >= 11 is 0. The number of anilines is 4. The van der Waals surface area contributed by atoms with Crippen LogP contribution in [0, 0.1) is 0 Å². The Kier molecular flexibility index (Phi) is 9.33. The Morgan fingerprint density at radius 2 is 1.60 bits per heavy atom. The SMILES string of the molecule is Nc1nc2nc3c1nc(O)n3Cc1cc(cc(Nc3nc4nc5c3nc(O)n5Cc3cccc(c3)OC/C=C/CCC(CO)N4)c1)C/C=C/CCCO2. The molecule has 0 amide bonds. The quantitative estimate of drug-likeness (QED) is 0.138. The molecule has 53 heavy (non-hydrogen) atoms. The summed E-state index contributed by atoms with van der Waals surface area (Å²) in [6, 6.07) is 13.0. The van der Waals surface area contributed by atoms with Crippen LogP contribution in [0.4, 0.5) is 23.3 Å². The number of aliphatic hydroxyl groups is 1. The van der Waals surface area contributed by atoms with Crippen LogP contribution in [0.3, 0.4) is 0 Å². The predicted octanol–water partition coefficient (Wildman–Crippen LogP) is 4.57. The first-order chi connectivity index (χ1) is 25.9. The van der Waals surface area contributed by atoms with Gasteiger partial charge in [0.05, 0.1) is 32.3 Å². The second-order valence-electron chi connectivity index (χ2n) is 13.0. The van der Waals surface area contributed by atoms with Crippen LogP contribution in [0.5, 0.6) is 23.8 Å².